The van der Waals surface area contributed by atoms with Crippen molar-refractivity contribution in [3.05, 3.63) is 39.8 Å². The van der Waals surface area contributed by atoms with Gasteiger partial charge >= 0.3 is 0 Å². The van der Waals surface area contributed by atoms with Crippen LogP contribution in [0.5, 0.6) is 11.5 Å². The third-order valence-corrected chi connectivity index (χ3v) is 4.00. The van der Waals surface area contributed by atoms with Crippen molar-refractivity contribution < 1.29 is 9.47 Å². The molecule has 0 amide bonds. The van der Waals surface area contributed by atoms with Crippen molar-refractivity contribution in [1.82, 2.24) is 4.98 Å². The normalized spacial score (nSPS) is 15.4. The van der Waals surface area contributed by atoms with Crippen molar-refractivity contribution in [2.45, 2.75) is 13.0 Å². The molecule has 0 bridgehead atoms. The first-order chi connectivity index (χ1) is 8.75. The van der Waals surface area contributed by atoms with Crippen molar-refractivity contribution >= 4 is 11.3 Å². The Bertz CT molecular complexity index is 568. The number of nitrogens with zero attached hydrogens (tertiary/aromatic N) is 1. The molecule has 1 aromatic heterocycles. The molecule has 1 aliphatic heterocycles. The smallest absolute Gasteiger partial charge is 0.161 e. The molecule has 1 aliphatic rings. The summed E-state index contributed by atoms with van der Waals surface area (Å²) in [7, 11) is 0. The lowest BCUT2D eigenvalue weighted by Gasteiger charge is -2.20. The van der Waals surface area contributed by atoms with E-state index in [-0.39, 0.29) is 6.04 Å². The molecule has 0 saturated heterocycles. The maximum absolute atomic E-state index is 6.27. The van der Waals surface area contributed by atoms with Crippen molar-refractivity contribution in [3.63, 3.8) is 0 Å². The van der Waals surface area contributed by atoms with Crippen LogP contribution in [0.15, 0.2) is 23.7 Å². The van der Waals surface area contributed by atoms with Crippen LogP contribution in [0.2, 0.25) is 0 Å². The number of nitrogens with two attached hydrogens (primary N) is 1. The Labute approximate surface area is 109 Å². The van der Waals surface area contributed by atoms with Crippen LogP contribution >= 0.6 is 11.3 Å². The molecule has 18 heavy (non-hydrogen) atoms. The van der Waals surface area contributed by atoms with E-state index >= 15 is 0 Å². The zero-order chi connectivity index (χ0) is 12.5. The first-order valence-electron chi connectivity index (χ1n) is 5.81. The highest BCUT2D eigenvalue weighted by Crippen LogP contribution is 2.34. The number of aromatic nitrogens is 1. The third kappa shape index (κ3) is 1.95. The van der Waals surface area contributed by atoms with Gasteiger partial charge in [-0.25, -0.2) is 4.98 Å². The van der Waals surface area contributed by atoms with E-state index in [1.807, 2.05) is 30.6 Å². The van der Waals surface area contributed by atoms with Gasteiger partial charge < -0.3 is 15.2 Å². The Morgan fingerprint density at radius 3 is 2.78 bits per heavy atom. The molecule has 4 nitrogen and oxygen atoms in total. The number of aryl methyl sites for hydroxylation is 1. The molecule has 2 N–H and O–H groups in total. The van der Waals surface area contributed by atoms with Gasteiger partial charge in [-0.2, -0.15) is 0 Å². The highest BCUT2D eigenvalue weighted by atomic mass is 32.1. The molecule has 0 aliphatic carbocycles. The van der Waals surface area contributed by atoms with Gasteiger partial charge in [0.25, 0.3) is 0 Å². The number of fused-ring (bicyclic) bond motifs is 1. The SMILES string of the molecule is Cc1ncsc1C(N)c1ccc2c(c1)OCCO2. The average molecular weight is 262 g/mol. The molecule has 5 heteroatoms. The predicted molar refractivity (Wildman–Crippen MR) is 70.3 cm³/mol. The van der Waals surface area contributed by atoms with E-state index in [0.717, 1.165) is 27.6 Å². The summed E-state index contributed by atoms with van der Waals surface area (Å²) < 4.78 is 11.1. The molecule has 0 fully saturated rings. The summed E-state index contributed by atoms with van der Waals surface area (Å²) in [5.41, 5.74) is 10.1. The van der Waals surface area contributed by atoms with Gasteiger partial charge in [0, 0.05) is 4.88 Å². The van der Waals surface area contributed by atoms with E-state index in [1.54, 1.807) is 11.3 Å². The van der Waals surface area contributed by atoms with Crippen LogP contribution < -0.4 is 15.2 Å². The Morgan fingerprint density at radius 2 is 2.06 bits per heavy atom. The second-order valence-electron chi connectivity index (χ2n) is 4.18. The zero-order valence-electron chi connectivity index (χ0n) is 10.1. The van der Waals surface area contributed by atoms with Crippen LogP contribution in [-0.2, 0) is 0 Å². The molecular weight excluding hydrogens is 248 g/mol. The lowest BCUT2D eigenvalue weighted by atomic mass is 10.0. The van der Waals surface area contributed by atoms with E-state index in [1.165, 1.54) is 0 Å². The van der Waals surface area contributed by atoms with Crippen LogP contribution in [0.4, 0.5) is 0 Å². The molecule has 1 atom stereocenters. The zero-order valence-corrected chi connectivity index (χ0v) is 10.9. The Hall–Kier alpha value is -1.59. The van der Waals surface area contributed by atoms with Crippen LogP contribution in [0.3, 0.4) is 0 Å². The first kappa shape index (κ1) is 11.5. The van der Waals surface area contributed by atoms with Crippen LogP contribution in [0.25, 0.3) is 0 Å². The van der Waals surface area contributed by atoms with Crippen molar-refractivity contribution in [2.75, 3.05) is 13.2 Å². The minimum absolute atomic E-state index is 0.159. The highest BCUT2D eigenvalue weighted by molar-refractivity contribution is 7.09. The Balaban J connectivity index is 1.95. The maximum Gasteiger partial charge on any atom is 0.161 e. The quantitative estimate of drug-likeness (QED) is 0.902. The van der Waals surface area contributed by atoms with Gasteiger partial charge in [0.15, 0.2) is 11.5 Å². The molecule has 94 valence electrons. The molecule has 3 rings (SSSR count). The van der Waals surface area contributed by atoms with Gasteiger partial charge in [-0.05, 0) is 24.6 Å². The van der Waals surface area contributed by atoms with Crippen LogP contribution in [-0.4, -0.2) is 18.2 Å². The van der Waals surface area contributed by atoms with Crippen molar-refractivity contribution in [2.24, 2.45) is 5.73 Å². The number of hydrogen-bond acceptors (Lipinski definition) is 5. The van der Waals surface area contributed by atoms with Gasteiger partial charge in [0.1, 0.15) is 13.2 Å². The molecule has 1 aromatic carbocycles. The van der Waals surface area contributed by atoms with Gasteiger partial charge in [-0.1, -0.05) is 6.07 Å². The van der Waals surface area contributed by atoms with E-state index in [4.69, 9.17) is 15.2 Å². The van der Waals surface area contributed by atoms with Crippen LogP contribution in [0.1, 0.15) is 22.2 Å². The maximum atomic E-state index is 6.27. The van der Waals surface area contributed by atoms with Crippen molar-refractivity contribution in [1.29, 1.82) is 0 Å². The summed E-state index contributed by atoms with van der Waals surface area (Å²) in [6, 6.07) is 5.70. The Kier molecular flexibility index (Phi) is 2.93. The monoisotopic (exact) mass is 262 g/mol. The number of hydrogen-bond donors (Lipinski definition) is 1. The summed E-state index contributed by atoms with van der Waals surface area (Å²) in [5.74, 6) is 1.56. The first-order valence-corrected chi connectivity index (χ1v) is 6.69. The van der Waals surface area contributed by atoms with E-state index < -0.39 is 0 Å². The number of thiazole rings is 1. The van der Waals surface area contributed by atoms with Gasteiger partial charge in [0.2, 0.25) is 0 Å². The number of benzene rings is 1. The third-order valence-electron chi connectivity index (χ3n) is 2.99. The second-order valence-corrected chi connectivity index (χ2v) is 5.07. The minimum Gasteiger partial charge on any atom is -0.486 e. The standard InChI is InChI=1S/C13H14N2O2S/c1-8-13(18-7-15-8)12(14)9-2-3-10-11(6-9)17-5-4-16-10/h2-3,6-7,12H,4-5,14H2,1H3. The predicted octanol–water partition coefficient (Wildman–Crippen LogP) is 2.27. The summed E-state index contributed by atoms with van der Waals surface area (Å²) in [5, 5.41) is 0. The van der Waals surface area contributed by atoms with Crippen molar-refractivity contribution in [3.8, 4) is 11.5 Å². The lowest BCUT2D eigenvalue weighted by molar-refractivity contribution is 0.171. The van der Waals surface area contributed by atoms with Crippen LogP contribution in [0, 0.1) is 6.92 Å². The van der Waals surface area contributed by atoms with Gasteiger partial charge in [-0.15, -0.1) is 11.3 Å². The number of ether oxygens (including phenoxy) is 2. The van der Waals surface area contributed by atoms with Gasteiger partial charge in [0.05, 0.1) is 17.2 Å². The molecule has 1 unspecified atom stereocenters. The topological polar surface area (TPSA) is 57.4 Å². The Morgan fingerprint density at radius 1 is 1.28 bits per heavy atom. The summed E-state index contributed by atoms with van der Waals surface area (Å²) in [6.07, 6.45) is 0. The second kappa shape index (κ2) is 4.59. The van der Waals surface area contributed by atoms with E-state index in [0.29, 0.717) is 13.2 Å². The molecule has 2 aromatic rings. The summed E-state index contributed by atoms with van der Waals surface area (Å²) in [6.45, 7) is 3.17. The fraction of sp³-hybridized carbons (Fsp3) is 0.308. The van der Waals surface area contributed by atoms with E-state index in [9.17, 15) is 0 Å². The number of rotatable bonds is 2. The molecule has 0 radical (unpaired) electrons. The van der Waals surface area contributed by atoms with Gasteiger partial charge in [-0.3, -0.25) is 0 Å². The summed E-state index contributed by atoms with van der Waals surface area (Å²) in [4.78, 5) is 5.32. The van der Waals surface area contributed by atoms with E-state index in [2.05, 4.69) is 4.98 Å². The lowest BCUT2D eigenvalue weighted by Crippen LogP contribution is -2.17. The fourth-order valence-corrected chi connectivity index (χ4v) is 2.84. The minimum atomic E-state index is -0.159. The molecule has 0 spiro atoms. The molecule has 0 saturated carbocycles. The molecule has 2 heterocycles. The average Bonchev–Trinajstić information content (AvgIpc) is 2.83. The summed E-state index contributed by atoms with van der Waals surface area (Å²) >= 11 is 1.58. The largest absolute Gasteiger partial charge is 0.486 e. The molecular formula is C13H14N2O2S. The highest BCUT2D eigenvalue weighted by Gasteiger charge is 2.18. The fourth-order valence-electron chi connectivity index (χ4n) is 2.01.